The van der Waals surface area contributed by atoms with Crippen LogP contribution in [-0.4, -0.2) is 14.1 Å². The molecule has 0 aromatic heterocycles. The van der Waals surface area contributed by atoms with E-state index in [2.05, 4.69) is 0 Å². The average Bonchev–Trinajstić information content (AvgIpc) is 2.42. The van der Waals surface area contributed by atoms with E-state index >= 15 is 0 Å². The second kappa shape index (κ2) is 6.01. The molecule has 0 fully saturated rings. The van der Waals surface area contributed by atoms with Gasteiger partial charge >= 0.3 is 0 Å². The van der Waals surface area contributed by atoms with Crippen molar-refractivity contribution in [2.24, 2.45) is 5.73 Å². The lowest BCUT2D eigenvalue weighted by atomic mass is 9.99. The van der Waals surface area contributed by atoms with Crippen LogP contribution in [0.1, 0.15) is 17.2 Å². The van der Waals surface area contributed by atoms with Crippen molar-refractivity contribution in [3.8, 4) is 0 Å². The molecule has 0 saturated carbocycles. The van der Waals surface area contributed by atoms with Gasteiger partial charge in [-0.2, -0.15) is 0 Å². The molecule has 2 N–H and O–H groups in total. The quantitative estimate of drug-likeness (QED) is 0.928. The van der Waals surface area contributed by atoms with Gasteiger partial charge in [-0.15, -0.1) is 0 Å². The molecule has 0 spiro atoms. The van der Waals surface area contributed by atoms with Crippen molar-refractivity contribution in [3.63, 3.8) is 0 Å². The van der Waals surface area contributed by atoms with Gasteiger partial charge in [0, 0.05) is 31.9 Å². The van der Waals surface area contributed by atoms with E-state index in [0.717, 1.165) is 17.3 Å². The third kappa shape index (κ3) is 3.33. The second-order valence-electron chi connectivity index (χ2n) is 5.04. The van der Waals surface area contributed by atoms with Gasteiger partial charge < -0.3 is 10.6 Å². The van der Waals surface area contributed by atoms with E-state index in [4.69, 9.17) is 5.73 Å². The van der Waals surface area contributed by atoms with Crippen molar-refractivity contribution in [2.45, 2.75) is 12.5 Å². The molecule has 0 saturated heterocycles. The number of hydrogen-bond donors (Lipinski definition) is 1. The maximum atomic E-state index is 13.6. The summed E-state index contributed by atoms with van der Waals surface area (Å²) in [4.78, 5) is 1.98. The van der Waals surface area contributed by atoms with Gasteiger partial charge in [-0.25, -0.2) is 8.78 Å². The van der Waals surface area contributed by atoms with Crippen LogP contribution in [0.2, 0.25) is 0 Å². The van der Waals surface area contributed by atoms with Crippen molar-refractivity contribution in [3.05, 3.63) is 65.2 Å². The smallest absolute Gasteiger partial charge is 0.129 e. The Hall–Kier alpha value is -1.94. The molecule has 106 valence electrons. The van der Waals surface area contributed by atoms with Crippen LogP contribution in [0, 0.1) is 11.6 Å². The van der Waals surface area contributed by atoms with Gasteiger partial charge in [0.05, 0.1) is 0 Å². The summed E-state index contributed by atoms with van der Waals surface area (Å²) in [5, 5.41) is 0. The van der Waals surface area contributed by atoms with Crippen LogP contribution in [0.3, 0.4) is 0 Å². The van der Waals surface area contributed by atoms with Crippen LogP contribution >= 0.6 is 0 Å². The van der Waals surface area contributed by atoms with Crippen molar-refractivity contribution < 1.29 is 8.78 Å². The van der Waals surface area contributed by atoms with E-state index in [0.29, 0.717) is 12.0 Å². The zero-order valence-electron chi connectivity index (χ0n) is 11.6. The van der Waals surface area contributed by atoms with E-state index in [1.54, 1.807) is 0 Å². The first-order valence-electron chi connectivity index (χ1n) is 6.44. The fraction of sp³-hybridized carbons (Fsp3) is 0.250. The third-order valence-electron chi connectivity index (χ3n) is 3.27. The summed E-state index contributed by atoms with van der Waals surface area (Å²) < 4.78 is 26.5. The van der Waals surface area contributed by atoms with Crippen LogP contribution in [0.25, 0.3) is 0 Å². The molecule has 2 aromatic carbocycles. The number of benzene rings is 2. The summed E-state index contributed by atoms with van der Waals surface area (Å²) in [7, 11) is 3.90. The molecule has 4 heteroatoms. The molecular formula is C16H18F2N2. The number of nitrogens with two attached hydrogens (primary N) is 1. The molecule has 1 unspecified atom stereocenters. The molecule has 0 bridgehead atoms. The molecule has 2 nitrogen and oxygen atoms in total. The van der Waals surface area contributed by atoms with Crippen molar-refractivity contribution in [2.75, 3.05) is 19.0 Å². The van der Waals surface area contributed by atoms with Gasteiger partial charge in [0.2, 0.25) is 0 Å². The SMILES string of the molecule is CN(C)c1cccc(C(N)Cc2ccc(F)cc2F)c1. The van der Waals surface area contributed by atoms with Gasteiger partial charge in [-0.05, 0) is 35.7 Å². The Kier molecular flexibility index (Phi) is 4.35. The predicted molar refractivity (Wildman–Crippen MR) is 77.8 cm³/mol. The summed E-state index contributed by atoms with van der Waals surface area (Å²) in [5.74, 6) is -1.13. The lowest BCUT2D eigenvalue weighted by molar-refractivity contribution is 0.563. The molecule has 0 aliphatic rings. The molecule has 20 heavy (non-hydrogen) atoms. The maximum Gasteiger partial charge on any atom is 0.129 e. The molecule has 0 aliphatic carbocycles. The molecule has 0 heterocycles. The molecular weight excluding hydrogens is 258 g/mol. The maximum absolute atomic E-state index is 13.6. The lowest BCUT2D eigenvalue weighted by Gasteiger charge is -2.17. The van der Waals surface area contributed by atoms with Gasteiger partial charge in [-0.1, -0.05) is 18.2 Å². The van der Waals surface area contributed by atoms with Crippen LogP contribution in [0.4, 0.5) is 14.5 Å². The first-order chi connectivity index (χ1) is 9.47. The highest BCUT2D eigenvalue weighted by molar-refractivity contribution is 5.48. The Balaban J connectivity index is 2.19. The summed E-state index contributed by atoms with van der Waals surface area (Å²) in [6, 6.07) is 11.1. The summed E-state index contributed by atoms with van der Waals surface area (Å²) in [5.41, 5.74) is 8.52. The molecule has 1 atom stereocenters. The highest BCUT2D eigenvalue weighted by Gasteiger charge is 2.12. The molecule has 0 amide bonds. The molecule has 0 aliphatic heterocycles. The van der Waals surface area contributed by atoms with E-state index in [1.807, 2.05) is 43.3 Å². The topological polar surface area (TPSA) is 29.3 Å². The number of halogens is 2. The number of nitrogens with zero attached hydrogens (tertiary/aromatic N) is 1. The predicted octanol–water partition coefficient (Wildman–Crippen LogP) is 3.27. The standard InChI is InChI=1S/C16H18F2N2/c1-20(2)14-5-3-4-12(8-14)16(19)9-11-6-7-13(17)10-15(11)18/h3-8,10,16H,9,19H2,1-2H3. The largest absolute Gasteiger partial charge is 0.378 e. The average molecular weight is 276 g/mol. The minimum Gasteiger partial charge on any atom is -0.378 e. The third-order valence-corrected chi connectivity index (χ3v) is 3.27. The Labute approximate surface area is 117 Å². The Morgan fingerprint density at radius 3 is 2.50 bits per heavy atom. The lowest BCUT2D eigenvalue weighted by Crippen LogP contribution is -2.15. The highest BCUT2D eigenvalue weighted by atomic mass is 19.1. The normalized spacial score (nSPS) is 12.2. The van der Waals surface area contributed by atoms with Gasteiger partial charge in [0.1, 0.15) is 11.6 Å². The van der Waals surface area contributed by atoms with Crippen molar-refractivity contribution >= 4 is 5.69 Å². The first-order valence-corrected chi connectivity index (χ1v) is 6.44. The molecule has 2 aromatic rings. The summed E-state index contributed by atoms with van der Waals surface area (Å²) in [6.45, 7) is 0. The minimum absolute atomic E-state index is 0.324. The molecule has 0 radical (unpaired) electrons. The summed E-state index contributed by atoms with van der Waals surface area (Å²) in [6.07, 6.45) is 0.336. The zero-order chi connectivity index (χ0) is 14.7. The van der Waals surface area contributed by atoms with Crippen LogP contribution in [0.15, 0.2) is 42.5 Å². The zero-order valence-corrected chi connectivity index (χ0v) is 11.6. The van der Waals surface area contributed by atoms with Gasteiger partial charge in [0.25, 0.3) is 0 Å². The van der Waals surface area contributed by atoms with Gasteiger partial charge in [0.15, 0.2) is 0 Å². The Morgan fingerprint density at radius 1 is 1.10 bits per heavy atom. The fourth-order valence-corrected chi connectivity index (χ4v) is 2.08. The van der Waals surface area contributed by atoms with E-state index in [1.165, 1.54) is 12.1 Å². The molecule has 2 rings (SSSR count). The summed E-state index contributed by atoms with van der Waals surface area (Å²) >= 11 is 0. The van der Waals surface area contributed by atoms with Crippen molar-refractivity contribution in [1.82, 2.24) is 0 Å². The first kappa shape index (κ1) is 14.5. The van der Waals surface area contributed by atoms with Crippen LogP contribution in [0.5, 0.6) is 0 Å². The van der Waals surface area contributed by atoms with Gasteiger partial charge in [-0.3, -0.25) is 0 Å². The number of anilines is 1. The second-order valence-corrected chi connectivity index (χ2v) is 5.04. The fourth-order valence-electron chi connectivity index (χ4n) is 2.08. The Bertz CT molecular complexity index is 597. The van der Waals surface area contributed by atoms with Crippen LogP contribution < -0.4 is 10.6 Å². The Morgan fingerprint density at radius 2 is 1.85 bits per heavy atom. The number of rotatable bonds is 4. The number of hydrogen-bond acceptors (Lipinski definition) is 2. The van der Waals surface area contributed by atoms with E-state index in [9.17, 15) is 8.78 Å². The van der Waals surface area contributed by atoms with Crippen LogP contribution in [-0.2, 0) is 6.42 Å². The minimum atomic E-state index is -0.575. The monoisotopic (exact) mass is 276 g/mol. The van der Waals surface area contributed by atoms with E-state index in [-0.39, 0.29) is 6.04 Å². The van der Waals surface area contributed by atoms with Crippen molar-refractivity contribution in [1.29, 1.82) is 0 Å². The van der Waals surface area contributed by atoms with E-state index < -0.39 is 11.6 Å². The highest BCUT2D eigenvalue weighted by Crippen LogP contribution is 2.22.